The Balaban J connectivity index is 2.27. The third-order valence-electron chi connectivity index (χ3n) is 3.27. The van der Waals surface area contributed by atoms with Crippen LogP contribution in [0.2, 0.25) is 0 Å². The SMILES string of the molecule is O=C(O)CCCCCNC(=O)CNC(=O)c1ccc(C(F)(F)F)cc1. The molecule has 0 saturated heterocycles. The molecule has 6 nitrogen and oxygen atoms in total. The number of halogens is 3. The number of benzene rings is 1. The molecule has 0 spiro atoms. The Bertz CT molecular complexity index is 600. The molecule has 0 saturated carbocycles. The van der Waals surface area contributed by atoms with Gasteiger partial charge in [-0.3, -0.25) is 14.4 Å². The van der Waals surface area contributed by atoms with Gasteiger partial charge in [0, 0.05) is 18.5 Å². The molecule has 25 heavy (non-hydrogen) atoms. The number of carbonyl (C=O) groups excluding carboxylic acids is 2. The van der Waals surface area contributed by atoms with Gasteiger partial charge in [-0.2, -0.15) is 13.2 Å². The average Bonchev–Trinajstić information content (AvgIpc) is 2.54. The minimum absolute atomic E-state index is 0.0227. The minimum Gasteiger partial charge on any atom is -0.481 e. The van der Waals surface area contributed by atoms with Gasteiger partial charge in [0.15, 0.2) is 0 Å². The zero-order valence-corrected chi connectivity index (χ0v) is 13.4. The van der Waals surface area contributed by atoms with Gasteiger partial charge in [-0.15, -0.1) is 0 Å². The van der Waals surface area contributed by atoms with Crippen LogP contribution in [-0.2, 0) is 15.8 Å². The summed E-state index contributed by atoms with van der Waals surface area (Å²) in [4.78, 5) is 33.6. The highest BCUT2D eigenvalue weighted by Crippen LogP contribution is 2.28. The summed E-state index contributed by atoms with van der Waals surface area (Å²) < 4.78 is 37.3. The fourth-order valence-electron chi connectivity index (χ4n) is 1.94. The molecule has 0 atom stereocenters. The predicted molar refractivity (Wildman–Crippen MR) is 82.9 cm³/mol. The second-order valence-electron chi connectivity index (χ2n) is 5.31. The van der Waals surface area contributed by atoms with Crippen molar-refractivity contribution in [2.24, 2.45) is 0 Å². The molecule has 1 rings (SSSR count). The first-order valence-electron chi connectivity index (χ1n) is 7.64. The molecule has 0 unspecified atom stereocenters. The third-order valence-corrected chi connectivity index (χ3v) is 3.27. The summed E-state index contributed by atoms with van der Waals surface area (Å²) in [6.45, 7) is 0.0591. The van der Waals surface area contributed by atoms with E-state index in [1.807, 2.05) is 0 Å². The first-order chi connectivity index (χ1) is 11.7. The second-order valence-corrected chi connectivity index (χ2v) is 5.31. The molecule has 0 bridgehead atoms. The number of carbonyl (C=O) groups is 3. The summed E-state index contributed by atoms with van der Waals surface area (Å²) in [5.74, 6) is -1.95. The number of hydrogen-bond donors (Lipinski definition) is 3. The maximum atomic E-state index is 12.4. The fraction of sp³-hybridized carbons (Fsp3) is 0.438. The molecule has 0 aliphatic heterocycles. The number of alkyl halides is 3. The Hall–Kier alpha value is -2.58. The number of rotatable bonds is 9. The number of nitrogens with one attached hydrogen (secondary N) is 2. The molecule has 0 aromatic heterocycles. The number of hydrogen-bond acceptors (Lipinski definition) is 3. The van der Waals surface area contributed by atoms with Gasteiger partial charge in [0.2, 0.25) is 5.91 Å². The highest BCUT2D eigenvalue weighted by atomic mass is 19.4. The zero-order valence-electron chi connectivity index (χ0n) is 13.4. The molecule has 0 radical (unpaired) electrons. The van der Waals surface area contributed by atoms with E-state index in [-0.39, 0.29) is 18.5 Å². The average molecular weight is 360 g/mol. The van der Waals surface area contributed by atoms with Crippen molar-refractivity contribution >= 4 is 17.8 Å². The third kappa shape index (κ3) is 8.18. The van der Waals surface area contributed by atoms with Gasteiger partial charge in [0.25, 0.3) is 5.91 Å². The zero-order chi connectivity index (χ0) is 18.9. The van der Waals surface area contributed by atoms with Crippen molar-refractivity contribution in [1.82, 2.24) is 10.6 Å². The van der Waals surface area contributed by atoms with Gasteiger partial charge in [-0.25, -0.2) is 0 Å². The maximum absolute atomic E-state index is 12.4. The fourth-order valence-corrected chi connectivity index (χ4v) is 1.94. The lowest BCUT2D eigenvalue weighted by atomic mass is 10.1. The highest BCUT2D eigenvalue weighted by Gasteiger charge is 2.30. The van der Waals surface area contributed by atoms with E-state index in [1.54, 1.807) is 0 Å². The molecule has 2 amide bonds. The van der Waals surface area contributed by atoms with Crippen molar-refractivity contribution in [1.29, 1.82) is 0 Å². The predicted octanol–water partition coefficient (Wildman–Crippen LogP) is 2.20. The smallest absolute Gasteiger partial charge is 0.416 e. The molecule has 0 heterocycles. The molecule has 1 aromatic rings. The lowest BCUT2D eigenvalue weighted by Gasteiger charge is -2.09. The Morgan fingerprint density at radius 3 is 2.16 bits per heavy atom. The monoisotopic (exact) mass is 360 g/mol. The summed E-state index contributed by atoms with van der Waals surface area (Å²) in [5.41, 5.74) is -0.834. The topological polar surface area (TPSA) is 95.5 Å². The molecule has 0 aliphatic carbocycles. The van der Waals surface area contributed by atoms with Crippen LogP contribution in [0.25, 0.3) is 0 Å². The normalized spacial score (nSPS) is 11.0. The standard InChI is InChI=1S/C16H19F3N2O4/c17-16(18,19)12-7-5-11(6-8-12)15(25)21-10-13(22)20-9-3-1-2-4-14(23)24/h5-8H,1-4,9-10H2,(H,20,22)(H,21,25)(H,23,24). The minimum atomic E-state index is -4.47. The van der Waals surface area contributed by atoms with Gasteiger partial charge in [-0.1, -0.05) is 6.42 Å². The summed E-state index contributed by atoms with van der Waals surface area (Å²) >= 11 is 0. The van der Waals surface area contributed by atoms with E-state index in [0.29, 0.717) is 25.8 Å². The van der Waals surface area contributed by atoms with Crippen molar-refractivity contribution in [2.75, 3.05) is 13.1 Å². The Morgan fingerprint density at radius 2 is 1.60 bits per heavy atom. The largest absolute Gasteiger partial charge is 0.481 e. The lowest BCUT2D eigenvalue weighted by molar-refractivity contribution is -0.138. The Labute approximate surface area is 142 Å². The molecule has 0 aliphatic rings. The number of amides is 2. The van der Waals surface area contributed by atoms with E-state index in [0.717, 1.165) is 24.3 Å². The van der Waals surface area contributed by atoms with Crippen molar-refractivity contribution in [2.45, 2.75) is 31.9 Å². The van der Waals surface area contributed by atoms with E-state index in [9.17, 15) is 27.6 Å². The number of carboxylic acid groups (broad SMARTS) is 1. The van der Waals surface area contributed by atoms with Crippen molar-refractivity contribution < 1.29 is 32.7 Å². The van der Waals surface area contributed by atoms with E-state index < -0.39 is 29.5 Å². The molecule has 138 valence electrons. The quantitative estimate of drug-likeness (QED) is 0.588. The summed E-state index contributed by atoms with van der Waals surface area (Å²) in [7, 11) is 0. The Morgan fingerprint density at radius 1 is 0.960 bits per heavy atom. The van der Waals surface area contributed by atoms with Gasteiger partial charge in [0.05, 0.1) is 12.1 Å². The van der Waals surface area contributed by atoms with Crippen LogP contribution in [0.5, 0.6) is 0 Å². The van der Waals surface area contributed by atoms with Crippen LogP contribution in [-0.4, -0.2) is 36.0 Å². The van der Waals surface area contributed by atoms with Crippen molar-refractivity contribution in [3.05, 3.63) is 35.4 Å². The molecule has 1 aromatic carbocycles. The van der Waals surface area contributed by atoms with Crippen LogP contribution in [0.1, 0.15) is 41.6 Å². The molecular weight excluding hydrogens is 341 g/mol. The van der Waals surface area contributed by atoms with Crippen LogP contribution in [0, 0.1) is 0 Å². The number of carboxylic acids is 1. The van der Waals surface area contributed by atoms with Crippen LogP contribution in [0.4, 0.5) is 13.2 Å². The van der Waals surface area contributed by atoms with Gasteiger partial charge < -0.3 is 15.7 Å². The van der Waals surface area contributed by atoms with Crippen molar-refractivity contribution in [3.8, 4) is 0 Å². The highest BCUT2D eigenvalue weighted by molar-refractivity contribution is 5.96. The van der Waals surface area contributed by atoms with Gasteiger partial charge in [0.1, 0.15) is 0 Å². The summed E-state index contributed by atoms with van der Waals surface area (Å²) in [6.07, 6.45) is -2.59. The van der Waals surface area contributed by atoms with Crippen LogP contribution >= 0.6 is 0 Å². The van der Waals surface area contributed by atoms with Crippen LogP contribution in [0.15, 0.2) is 24.3 Å². The maximum Gasteiger partial charge on any atom is 0.416 e. The van der Waals surface area contributed by atoms with Crippen LogP contribution in [0.3, 0.4) is 0 Å². The Kier molecular flexibility index (Phi) is 7.90. The molecule has 3 N–H and O–H groups in total. The van der Waals surface area contributed by atoms with Crippen molar-refractivity contribution in [3.63, 3.8) is 0 Å². The number of unbranched alkanes of at least 4 members (excludes halogenated alkanes) is 2. The van der Waals surface area contributed by atoms with E-state index >= 15 is 0 Å². The first kappa shape index (κ1) is 20.5. The van der Waals surface area contributed by atoms with Gasteiger partial charge >= 0.3 is 12.1 Å². The lowest BCUT2D eigenvalue weighted by Crippen LogP contribution is -2.37. The number of aliphatic carboxylic acids is 1. The summed E-state index contributed by atoms with van der Waals surface area (Å²) in [5, 5.41) is 13.3. The second kappa shape index (κ2) is 9.65. The molecular formula is C16H19F3N2O4. The van der Waals surface area contributed by atoms with Gasteiger partial charge in [-0.05, 0) is 37.1 Å². The first-order valence-corrected chi connectivity index (χ1v) is 7.64. The molecule has 9 heteroatoms. The van der Waals surface area contributed by atoms with Crippen LogP contribution < -0.4 is 10.6 Å². The van der Waals surface area contributed by atoms with E-state index in [2.05, 4.69) is 10.6 Å². The van der Waals surface area contributed by atoms with E-state index in [1.165, 1.54) is 0 Å². The summed E-state index contributed by atoms with van der Waals surface area (Å²) in [6, 6.07) is 3.68. The van der Waals surface area contributed by atoms with E-state index in [4.69, 9.17) is 5.11 Å². The molecule has 0 fully saturated rings.